The Bertz CT molecular complexity index is 558. The average Bonchev–Trinajstić information content (AvgIpc) is 2.89. The Morgan fingerprint density at radius 1 is 1.42 bits per heavy atom. The Hall–Kier alpha value is -1.83. The van der Waals surface area contributed by atoms with E-state index in [0.29, 0.717) is 23.3 Å². The lowest BCUT2D eigenvalue weighted by molar-refractivity contribution is -0.113. The summed E-state index contributed by atoms with van der Waals surface area (Å²) < 4.78 is 5.06. The lowest BCUT2D eigenvalue weighted by atomic mass is 10.2. The van der Waals surface area contributed by atoms with Crippen molar-refractivity contribution in [2.45, 2.75) is 26.5 Å². The minimum absolute atomic E-state index is 0.129. The summed E-state index contributed by atoms with van der Waals surface area (Å²) in [7, 11) is 0. The Morgan fingerprint density at radius 2 is 2.21 bits per heavy atom. The molecule has 102 valence electrons. The SMILES string of the molecule is Cc1nc(NC(=O)CSCc2c(C)noc2C)n[nH]1. The van der Waals surface area contributed by atoms with E-state index in [0.717, 1.165) is 17.0 Å². The van der Waals surface area contributed by atoms with Crippen LogP contribution in [0.15, 0.2) is 4.52 Å². The number of aromatic amines is 1. The number of aryl methyl sites for hydroxylation is 3. The van der Waals surface area contributed by atoms with Crippen LogP contribution in [0.25, 0.3) is 0 Å². The largest absolute Gasteiger partial charge is 0.361 e. The summed E-state index contributed by atoms with van der Waals surface area (Å²) in [6.45, 7) is 5.53. The molecule has 0 aliphatic heterocycles. The first-order valence-electron chi connectivity index (χ1n) is 5.74. The number of anilines is 1. The van der Waals surface area contributed by atoms with Gasteiger partial charge in [-0.15, -0.1) is 16.9 Å². The molecule has 19 heavy (non-hydrogen) atoms. The van der Waals surface area contributed by atoms with Gasteiger partial charge in [0.25, 0.3) is 0 Å². The van der Waals surface area contributed by atoms with E-state index < -0.39 is 0 Å². The van der Waals surface area contributed by atoms with Gasteiger partial charge in [-0.25, -0.2) is 0 Å². The third-order valence-corrected chi connectivity index (χ3v) is 3.47. The number of hydrogen-bond acceptors (Lipinski definition) is 6. The van der Waals surface area contributed by atoms with Gasteiger partial charge in [0.05, 0.1) is 11.4 Å². The first kappa shape index (κ1) is 13.6. The quantitative estimate of drug-likeness (QED) is 0.864. The maximum absolute atomic E-state index is 11.7. The van der Waals surface area contributed by atoms with Crippen molar-refractivity contribution in [1.82, 2.24) is 20.3 Å². The summed E-state index contributed by atoms with van der Waals surface area (Å²) in [6.07, 6.45) is 0. The van der Waals surface area contributed by atoms with Crippen LogP contribution in [0.5, 0.6) is 0 Å². The number of nitrogens with zero attached hydrogens (tertiary/aromatic N) is 3. The number of rotatable bonds is 5. The number of amides is 1. The summed E-state index contributed by atoms with van der Waals surface area (Å²) in [5.41, 5.74) is 1.92. The standard InChI is InChI=1S/C11H15N5O2S/c1-6-9(7(2)18-16-6)4-19-5-10(17)13-11-12-8(3)14-15-11/h4-5H2,1-3H3,(H2,12,13,14,15,17). The first-order chi connectivity index (χ1) is 9.06. The molecule has 0 aliphatic carbocycles. The summed E-state index contributed by atoms with van der Waals surface area (Å²) in [5.74, 6) is 2.67. The molecular weight excluding hydrogens is 266 g/mol. The summed E-state index contributed by atoms with van der Waals surface area (Å²) in [4.78, 5) is 15.7. The lowest BCUT2D eigenvalue weighted by Gasteiger charge is -2.01. The molecule has 0 unspecified atom stereocenters. The van der Waals surface area contributed by atoms with E-state index in [1.165, 1.54) is 11.8 Å². The normalized spacial score (nSPS) is 10.7. The van der Waals surface area contributed by atoms with Crippen LogP contribution in [0.2, 0.25) is 0 Å². The number of carbonyl (C=O) groups excluding carboxylic acids is 1. The highest BCUT2D eigenvalue weighted by Crippen LogP contribution is 2.19. The molecule has 0 aromatic carbocycles. The molecule has 0 atom stereocenters. The predicted molar refractivity (Wildman–Crippen MR) is 71.9 cm³/mol. The third kappa shape index (κ3) is 3.57. The smallest absolute Gasteiger partial charge is 0.248 e. The second kappa shape index (κ2) is 5.87. The molecule has 0 radical (unpaired) electrons. The Kier molecular flexibility index (Phi) is 4.20. The summed E-state index contributed by atoms with van der Waals surface area (Å²) >= 11 is 1.50. The van der Waals surface area contributed by atoms with Crippen molar-refractivity contribution in [3.05, 3.63) is 22.8 Å². The minimum atomic E-state index is -0.129. The van der Waals surface area contributed by atoms with Gasteiger partial charge < -0.3 is 4.52 Å². The molecule has 0 fully saturated rings. The third-order valence-electron chi connectivity index (χ3n) is 2.51. The number of thioether (sulfide) groups is 1. The van der Waals surface area contributed by atoms with E-state index in [1.54, 1.807) is 6.92 Å². The van der Waals surface area contributed by atoms with Crippen molar-refractivity contribution in [3.8, 4) is 0 Å². The number of aromatic nitrogens is 4. The zero-order chi connectivity index (χ0) is 13.8. The zero-order valence-electron chi connectivity index (χ0n) is 11.0. The molecule has 2 aromatic rings. The molecule has 1 amide bonds. The second-order valence-corrected chi connectivity index (χ2v) is 5.07. The van der Waals surface area contributed by atoms with Crippen LogP contribution >= 0.6 is 11.8 Å². The zero-order valence-corrected chi connectivity index (χ0v) is 11.8. The molecule has 0 bridgehead atoms. The summed E-state index contributed by atoms with van der Waals surface area (Å²) in [6, 6.07) is 0. The van der Waals surface area contributed by atoms with Gasteiger partial charge in [-0.05, 0) is 20.8 Å². The van der Waals surface area contributed by atoms with E-state index >= 15 is 0 Å². The number of carbonyl (C=O) groups is 1. The molecule has 0 spiro atoms. The second-order valence-electron chi connectivity index (χ2n) is 4.09. The Morgan fingerprint density at radius 3 is 2.79 bits per heavy atom. The van der Waals surface area contributed by atoms with Crippen LogP contribution in [0.1, 0.15) is 22.8 Å². The van der Waals surface area contributed by atoms with Gasteiger partial charge in [-0.2, -0.15) is 4.98 Å². The molecule has 0 aliphatic rings. The van der Waals surface area contributed by atoms with Crippen molar-refractivity contribution in [2.24, 2.45) is 0 Å². The Labute approximate surface area is 114 Å². The van der Waals surface area contributed by atoms with Crippen LogP contribution in [-0.2, 0) is 10.5 Å². The monoisotopic (exact) mass is 281 g/mol. The first-order valence-corrected chi connectivity index (χ1v) is 6.90. The average molecular weight is 281 g/mol. The van der Waals surface area contributed by atoms with E-state index in [2.05, 4.69) is 25.7 Å². The molecular formula is C11H15N5O2S. The van der Waals surface area contributed by atoms with Crippen molar-refractivity contribution in [1.29, 1.82) is 0 Å². The number of H-pyrrole nitrogens is 1. The van der Waals surface area contributed by atoms with Crippen LogP contribution in [0, 0.1) is 20.8 Å². The molecule has 0 saturated carbocycles. The van der Waals surface area contributed by atoms with Gasteiger partial charge in [-0.3, -0.25) is 15.2 Å². The summed E-state index contributed by atoms with van der Waals surface area (Å²) in [5, 5.41) is 13.0. The molecule has 2 aromatic heterocycles. The highest BCUT2D eigenvalue weighted by molar-refractivity contribution is 7.99. The molecule has 7 nitrogen and oxygen atoms in total. The van der Waals surface area contributed by atoms with E-state index in [4.69, 9.17) is 4.52 Å². The maximum atomic E-state index is 11.7. The van der Waals surface area contributed by atoms with Gasteiger partial charge in [0, 0.05) is 11.3 Å². The molecule has 0 saturated heterocycles. The van der Waals surface area contributed by atoms with Crippen LogP contribution < -0.4 is 5.32 Å². The van der Waals surface area contributed by atoms with Gasteiger partial charge in [0.15, 0.2) is 0 Å². The van der Waals surface area contributed by atoms with Crippen LogP contribution in [0.4, 0.5) is 5.95 Å². The lowest BCUT2D eigenvalue weighted by Crippen LogP contribution is -2.15. The maximum Gasteiger partial charge on any atom is 0.248 e. The van der Waals surface area contributed by atoms with E-state index in [1.807, 2.05) is 13.8 Å². The Balaban J connectivity index is 1.78. The van der Waals surface area contributed by atoms with Crippen molar-refractivity contribution < 1.29 is 9.32 Å². The fraction of sp³-hybridized carbons (Fsp3) is 0.455. The number of nitrogens with one attached hydrogen (secondary N) is 2. The van der Waals surface area contributed by atoms with Crippen molar-refractivity contribution in [2.75, 3.05) is 11.1 Å². The van der Waals surface area contributed by atoms with Gasteiger partial charge in [-0.1, -0.05) is 5.16 Å². The predicted octanol–water partition coefficient (Wildman–Crippen LogP) is 1.59. The van der Waals surface area contributed by atoms with Crippen molar-refractivity contribution >= 4 is 23.6 Å². The van der Waals surface area contributed by atoms with Crippen LogP contribution in [0.3, 0.4) is 0 Å². The molecule has 2 N–H and O–H groups in total. The molecule has 8 heteroatoms. The minimum Gasteiger partial charge on any atom is -0.361 e. The fourth-order valence-corrected chi connectivity index (χ4v) is 2.49. The fourth-order valence-electron chi connectivity index (χ4n) is 1.51. The number of hydrogen-bond donors (Lipinski definition) is 2. The topological polar surface area (TPSA) is 96.7 Å². The van der Waals surface area contributed by atoms with Crippen LogP contribution in [-0.4, -0.2) is 32.0 Å². The van der Waals surface area contributed by atoms with Gasteiger partial charge in [0.2, 0.25) is 11.9 Å². The van der Waals surface area contributed by atoms with Gasteiger partial charge in [0.1, 0.15) is 11.6 Å². The van der Waals surface area contributed by atoms with Gasteiger partial charge >= 0.3 is 0 Å². The van der Waals surface area contributed by atoms with Crippen molar-refractivity contribution in [3.63, 3.8) is 0 Å². The highest BCUT2D eigenvalue weighted by Gasteiger charge is 2.11. The van der Waals surface area contributed by atoms with E-state index in [9.17, 15) is 4.79 Å². The molecule has 2 heterocycles. The van der Waals surface area contributed by atoms with E-state index in [-0.39, 0.29) is 5.91 Å². The molecule has 2 rings (SSSR count). The highest BCUT2D eigenvalue weighted by atomic mass is 32.2.